The van der Waals surface area contributed by atoms with Gasteiger partial charge in [0.2, 0.25) is 5.56 Å². The number of nitrogens with zero attached hydrogens (tertiary/aromatic N) is 3. The Morgan fingerprint density at radius 3 is 2.83 bits per heavy atom. The minimum absolute atomic E-state index is 0.0545. The zero-order valence-electron chi connectivity index (χ0n) is 16.3. The molecule has 0 saturated carbocycles. The van der Waals surface area contributed by atoms with Gasteiger partial charge in [0.1, 0.15) is 24.5 Å². The van der Waals surface area contributed by atoms with Gasteiger partial charge < -0.3 is 19.9 Å². The highest BCUT2D eigenvalue weighted by molar-refractivity contribution is 5.74. The van der Waals surface area contributed by atoms with Crippen LogP contribution in [-0.2, 0) is 13.7 Å². The van der Waals surface area contributed by atoms with Crippen LogP contribution in [0.5, 0.6) is 5.75 Å². The number of aryl methyl sites for hydroxylation is 1. The summed E-state index contributed by atoms with van der Waals surface area (Å²) in [6.45, 7) is 2.48. The number of rotatable bonds is 2. The first-order chi connectivity index (χ1) is 14.2. The van der Waals surface area contributed by atoms with Gasteiger partial charge in [0.05, 0.1) is 16.9 Å². The SMILES string of the molecule is Cn1cc(-c2ncnc3c2COc2ccc(C4CCNCC4)cc2N3)ccc1=O. The lowest BCUT2D eigenvalue weighted by atomic mass is 9.90. The largest absolute Gasteiger partial charge is 0.486 e. The van der Waals surface area contributed by atoms with Gasteiger partial charge in [-0.2, -0.15) is 0 Å². The third-order valence-electron chi connectivity index (χ3n) is 5.74. The van der Waals surface area contributed by atoms with Gasteiger partial charge in [-0.05, 0) is 55.6 Å². The van der Waals surface area contributed by atoms with Crippen LogP contribution in [0.3, 0.4) is 0 Å². The second kappa shape index (κ2) is 7.33. The average Bonchev–Trinajstić information content (AvgIpc) is 2.95. The Morgan fingerprint density at radius 1 is 1.14 bits per heavy atom. The van der Waals surface area contributed by atoms with Crippen molar-refractivity contribution < 1.29 is 4.74 Å². The Labute approximate surface area is 168 Å². The summed E-state index contributed by atoms with van der Waals surface area (Å²) in [5.41, 5.74) is 4.72. The molecule has 1 saturated heterocycles. The van der Waals surface area contributed by atoms with Crippen LogP contribution in [0.1, 0.15) is 29.9 Å². The molecule has 2 aliphatic heterocycles. The molecular weight excluding hydrogens is 366 g/mol. The number of anilines is 2. The van der Waals surface area contributed by atoms with Crippen molar-refractivity contribution in [3.05, 3.63) is 64.3 Å². The van der Waals surface area contributed by atoms with E-state index in [2.05, 4.69) is 32.7 Å². The minimum Gasteiger partial charge on any atom is -0.486 e. The van der Waals surface area contributed by atoms with E-state index < -0.39 is 0 Å². The minimum atomic E-state index is -0.0545. The predicted molar refractivity (Wildman–Crippen MR) is 112 cm³/mol. The number of aromatic nitrogens is 3. The van der Waals surface area contributed by atoms with E-state index >= 15 is 0 Å². The first-order valence-electron chi connectivity index (χ1n) is 9.94. The number of ether oxygens (including phenoxy) is 1. The van der Waals surface area contributed by atoms with Crippen molar-refractivity contribution in [1.29, 1.82) is 0 Å². The van der Waals surface area contributed by atoms with Gasteiger partial charge >= 0.3 is 0 Å². The predicted octanol–water partition coefficient (Wildman–Crippen LogP) is 2.95. The average molecular weight is 389 g/mol. The van der Waals surface area contributed by atoms with Crippen LogP contribution in [0.25, 0.3) is 11.3 Å². The van der Waals surface area contributed by atoms with Crippen LogP contribution in [-0.4, -0.2) is 27.6 Å². The molecule has 2 aromatic heterocycles. The molecule has 1 fully saturated rings. The normalized spacial score (nSPS) is 16.2. The fraction of sp³-hybridized carbons (Fsp3) is 0.318. The monoisotopic (exact) mass is 389 g/mol. The third-order valence-corrected chi connectivity index (χ3v) is 5.74. The summed E-state index contributed by atoms with van der Waals surface area (Å²) in [5, 5.41) is 6.88. The van der Waals surface area contributed by atoms with Crippen LogP contribution in [0.2, 0.25) is 0 Å². The van der Waals surface area contributed by atoms with Crippen molar-refractivity contribution in [2.24, 2.45) is 7.05 Å². The van der Waals surface area contributed by atoms with Gasteiger partial charge in [-0.15, -0.1) is 0 Å². The highest BCUT2D eigenvalue weighted by Crippen LogP contribution is 2.38. The Kier molecular flexibility index (Phi) is 4.52. The molecule has 7 heteroatoms. The zero-order valence-corrected chi connectivity index (χ0v) is 16.3. The summed E-state index contributed by atoms with van der Waals surface area (Å²) in [6.07, 6.45) is 5.64. The van der Waals surface area contributed by atoms with Gasteiger partial charge in [-0.3, -0.25) is 4.79 Å². The standard InChI is InChI=1S/C22H23N5O2/c1-27-11-16(3-5-20(27)28)21-17-12-29-19-4-2-15(14-6-8-23-9-7-14)10-18(19)26-22(17)25-13-24-21/h2-5,10-11,13-14,23H,6-9,12H2,1H3,(H,24,25,26). The van der Waals surface area contributed by atoms with E-state index in [1.54, 1.807) is 36.3 Å². The lowest BCUT2D eigenvalue weighted by Gasteiger charge is -2.23. The van der Waals surface area contributed by atoms with E-state index in [0.29, 0.717) is 12.5 Å². The fourth-order valence-electron chi connectivity index (χ4n) is 4.10. The number of piperidine rings is 1. The van der Waals surface area contributed by atoms with Crippen molar-refractivity contribution in [2.75, 3.05) is 18.4 Å². The molecule has 7 nitrogen and oxygen atoms in total. The summed E-state index contributed by atoms with van der Waals surface area (Å²) in [6, 6.07) is 9.75. The Balaban J connectivity index is 1.52. The van der Waals surface area contributed by atoms with Crippen molar-refractivity contribution in [2.45, 2.75) is 25.4 Å². The maximum absolute atomic E-state index is 11.7. The number of nitrogens with one attached hydrogen (secondary N) is 2. The van der Waals surface area contributed by atoms with Gasteiger partial charge in [0.25, 0.3) is 0 Å². The second-order valence-electron chi connectivity index (χ2n) is 7.61. The molecule has 0 spiro atoms. The molecule has 0 atom stereocenters. The lowest BCUT2D eigenvalue weighted by Crippen LogP contribution is -2.26. The van der Waals surface area contributed by atoms with Crippen LogP contribution in [0, 0.1) is 0 Å². The topological polar surface area (TPSA) is 81.1 Å². The summed E-state index contributed by atoms with van der Waals surface area (Å²) in [5.74, 6) is 2.12. The maximum atomic E-state index is 11.7. The number of benzene rings is 1. The van der Waals surface area contributed by atoms with E-state index in [-0.39, 0.29) is 5.56 Å². The third kappa shape index (κ3) is 3.38. The molecule has 0 unspecified atom stereocenters. The first kappa shape index (κ1) is 17.9. The molecule has 0 bridgehead atoms. The van der Waals surface area contributed by atoms with Crippen molar-refractivity contribution >= 4 is 11.5 Å². The van der Waals surface area contributed by atoms with E-state index in [0.717, 1.165) is 60.0 Å². The molecule has 0 radical (unpaired) electrons. The Bertz CT molecular complexity index is 1120. The highest BCUT2D eigenvalue weighted by Gasteiger charge is 2.22. The van der Waals surface area contributed by atoms with E-state index in [1.165, 1.54) is 5.56 Å². The molecule has 29 heavy (non-hydrogen) atoms. The number of hydrogen-bond donors (Lipinski definition) is 2. The number of fused-ring (bicyclic) bond motifs is 2. The van der Waals surface area contributed by atoms with Crippen molar-refractivity contribution in [3.8, 4) is 17.0 Å². The molecule has 1 aromatic carbocycles. The maximum Gasteiger partial charge on any atom is 0.250 e. The molecule has 0 amide bonds. The quantitative estimate of drug-likeness (QED) is 0.701. The van der Waals surface area contributed by atoms with Gasteiger partial charge in [-0.25, -0.2) is 9.97 Å². The molecular formula is C22H23N5O2. The van der Waals surface area contributed by atoms with Gasteiger partial charge in [0.15, 0.2) is 0 Å². The molecule has 2 N–H and O–H groups in total. The van der Waals surface area contributed by atoms with Gasteiger partial charge in [-0.1, -0.05) is 6.07 Å². The molecule has 2 aliphatic rings. The second-order valence-corrected chi connectivity index (χ2v) is 7.61. The lowest BCUT2D eigenvalue weighted by molar-refractivity contribution is 0.310. The van der Waals surface area contributed by atoms with Crippen LogP contribution < -0.4 is 20.9 Å². The molecule has 3 aromatic rings. The molecule has 148 valence electrons. The van der Waals surface area contributed by atoms with E-state index in [4.69, 9.17) is 4.74 Å². The van der Waals surface area contributed by atoms with Gasteiger partial charge in [0, 0.05) is 24.9 Å². The zero-order chi connectivity index (χ0) is 19.8. The van der Waals surface area contributed by atoms with E-state index in [1.807, 2.05) is 6.07 Å². The van der Waals surface area contributed by atoms with Crippen LogP contribution in [0.4, 0.5) is 11.5 Å². The Morgan fingerprint density at radius 2 is 2.00 bits per heavy atom. The Hall–Kier alpha value is -3.19. The summed E-state index contributed by atoms with van der Waals surface area (Å²) in [4.78, 5) is 20.7. The summed E-state index contributed by atoms with van der Waals surface area (Å²) >= 11 is 0. The first-order valence-corrected chi connectivity index (χ1v) is 9.94. The van der Waals surface area contributed by atoms with Crippen LogP contribution in [0.15, 0.2) is 47.7 Å². The summed E-state index contributed by atoms with van der Waals surface area (Å²) in [7, 11) is 1.73. The summed E-state index contributed by atoms with van der Waals surface area (Å²) < 4.78 is 7.66. The number of hydrogen-bond acceptors (Lipinski definition) is 6. The van der Waals surface area contributed by atoms with E-state index in [9.17, 15) is 4.79 Å². The highest BCUT2D eigenvalue weighted by atomic mass is 16.5. The molecule has 5 rings (SSSR count). The number of pyridine rings is 1. The smallest absolute Gasteiger partial charge is 0.250 e. The van der Waals surface area contributed by atoms with Crippen molar-refractivity contribution in [3.63, 3.8) is 0 Å². The van der Waals surface area contributed by atoms with Crippen LogP contribution >= 0.6 is 0 Å². The molecule has 0 aliphatic carbocycles. The molecule has 4 heterocycles. The van der Waals surface area contributed by atoms with Crippen molar-refractivity contribution in [1.82, 2.24) is 19.9 Å². The fourth-order valence-corrected chi connectivity index (χ4v) is 4.10.